The van der Waals surface area contributed by atoms with Crippen LogP contribution in [0.2, 0.25) is 5.02 Å². The van der Waals surface area contributed by atoms with Crippen LogP contribution in [0.5, 0.6) is 0 Å². The highest BCUT2D eigenvalue weighted by molar-refractivity contribution is 6.31. The van der Waals surface area contributed by atoms with Crippen molar-refractivity contribution in [1.82, 2.24) is 10.2 Å². The molecule has 1 aromatic rings. The van der Waals surface area contributed by atoms with Crippen LogP contribution in [0.25, 0.3) is 0 Å². The zero-order valence-electron chi connectivity index (χ0n) is 16.2. The van der Waals surface area contributed by atoms with Crippen molar-refractivity contribution < 1.29 is 24.2 Å². The van der Waals surface area contributed by atoms with Crippen LogP contribution in [-0.4, -0.2) is 52.7 Å². The van der Waals surface area contributed by atoms with E-state index in [-0.39, 0.29) is 5.82 Å². The Bertz CT molecular complexity index is 640. The van der Waals surface area contributed by atoms with E-state index >= 15 is 0 Å². The number of hydrogen-bond donors (Lipinski definition) is 3. The number of rotatable bonds is 7. The standard InChI is InChI=1S/C16H24ClFN2.C4H4O4/c1-12(2)10-20(13-6-8-19-9-7-13)11-14-15(17)4-3-5-16(14)18;5-3(6)1-2-4(7)8/h3-5,12-13,19H,6-11H2,1-2H3;1-2H,(H,5,6)(H,7,8). The maximum absolute atomic E-state index is 14.0. The molecule has 1 aliphatic heterocycles. The minimum Gasteiger partial charge on any atom is -0.478 e. The van der Waals surface area contributed by atoms with E-state index in [0.29, 0.717) is 41.2 Å². The molecule has 1 fully saturated rings. The Morgan fingerprint density at radius 2 is 1.82 bits per heavy atom. The highest BCUT2D eigenvalue weighted by Crippen LogP contribution is 2.24. The number of carboxylic acid groups (broad SMARTS) is 2. The van der Waals surface area contributed by atoms with Crippen LogP contribution in [0.15, 0.2) is 30.4 Å². The van der Waals surface area contributed by atoms with Crippen LogP contribution in [0.4, 0.5) is 4.39 Å². The monoisotopic (exact) mass is 414 g/mol. The number of aliphatic carboxylic acids is 2. The molecule has 0 aliphatic carbocycles. The summed E-state index contributed by atoms with van der Waals surface area (Å²) in [6.45, 7) is 8.09. The van der Waals surface area contributed by atoms with E-state index in [4.69, 9.17) is 21.8 Å². The van der Waals surface area contributed by atoms with Gasteiger partial charge in [-0.05, 0) is 44.0 Å². The maximum Gasteiger partial charge on any atom is 0.328 e. The Hall–Kier alpha value is -1.96. The molecule has 28 heavy (non-hydrogen) atoms. The predicted octanol–water partition coefficient (Wildman–Crippen LogP) is 3.40. The summed E-state index contributed by atoms with van der Waals surface area (Å²) < 4.78 is 14.0. The highest BCUT2D eigenvalue weighted by Gasteiger charge is 2.23. The molecule has 0 amide bonds. The molecule has 0 atom stereocenters. The third-order valence-electron chi connectivity index (χ3n) is 4.22. The number of benzene rings is 1. The highest BCUT2D eigenvalue weighted by atomic mass is 35.5. The summed E-state index contributed by atoms with van der Waals surface area (Å²) in [6.07, 6.45) is 3.36. The van der Waals surface area contributed by atoms with E-state index in [9.17, 15) is 14.0 Å². The fourth-order valence-corrected chi connectivity index (χ4v) is 3.24. The number of nitrogens with one attached hydrogen (secondary N) is 1. The second-order valence-corrected chi connectivity index (χ2v) is 7.42. The van der Waals surface area contributed by atoms with Crippen molar-refractivity contribution in [3.63, 3.8) is 0 Å². The SMILES string of the molecule is CC(C)CN(Cc1c(F)cccc1Cl)C1CCNCC1.O=C(O)C=CC(=O)O. The van der Waals surface area contributed by atoms with Crippen LogP contribution in [0.3, 0.4) is 0 Å². The van der Waals surface area contributed by atoms with Gasteiger partial charge in [0, 0.05) is 41.9 Å². The third-order valence-corrected chi connectivity index (χ3v) is 4.57. The van der Waals surface area contributed by atoms with Crippen molar-refractivity contribution in [3.8, 4) is 0 Å². The van der Waals surface area contributed by atoms with Gasteiger partial charge in [-0.15, -0.1) is 0 Å². The number of hydrogen-bond acceptors (Lipinski definition) is 4. The molecule has 0 spiro atoms. The van der Waals surface area contributed by atoms with Crippen molar-refractivity contribution >= 4 is 23.5 Å². The summed E-state index contributed by atoms with van der Waals surface area (Å²) >= 11 is 6.17. The van der Waals surface area contributed by atoms with Gasteiger partial charge in [-0.1, -0.05) is 31.5 Å². The molecule has 1 saturated heterocycles. The lowest BCUT2D eigenvalue weighted by Crippen LogP contribution is -2.44. The third kappa shape index (κ3) is 9.30. The van der Waals surface area contributed by atoms with Crippen molar-refractivity contribution in [3.05, 3.63) is 46.8 Å². The van der Waals surface area contributed by atoms with Crippen molar-refractivity contribution in [2.24, 2.45) is 5.92 Å². The maximum atomic E-state index is 14.0. The van der Waals surface area contributed by atoms with Gasteiger partial charge in [0.1, 0.15) is 5.82 Å². The number of piperidine rings is 1. The van der Waals surface area contributed by atoms with Crippen LogP contribution in [0.1, 0.15) is 32.3 Å². The molecule has 0 unspecified atom stereocenters. The zero-order chi connectivity index (χ0) is 21.1. The van der Waals surface area contributed by atoms with Gasteiger partial charge in [-0.25, -0.2) is 14.0 Å². The molecule has 0 bridgehead atoms. The Kier molecular flexibility index (Phi) is 10.7. The fraction of sp³-hybridized carbons (Fsp3) is 0.500. The second-order valence-electron chi connectivity index (χ2n) is 7.01. The molecule has 156 valence electrons. The Morgan fingerprint density at radius 3 is 2.29 bits per heavy atom. The van der Waals surface area contributed by atoms with E-state index in [0.717, 1.165) is 32.5 Å². The smallest absolute Gasteiger partial charge is 0.328 e. The van der Waals surface area contributed by atoms with E-state index in [1.807, 2.05) is 0 Å². The summed E-state index contributed by atoms with van der Waals surface area (Å²) in [6, 6.07) is 5.46. The molecule has 1 heterocycles. The van der Waals surface area contributed by atoms with E-state index in [2.05, 4.69) is 24.1 Å². The van der Waals surface area contributed by atoms with Gasteiger partial charge in [0.2, 0.25) is 0 Å². The average Bonchev–Trinajstić information content (AvgIpc) is 2.63. The summed E-state index contributed by atoms with van der Waals surface area (Å²) in [5, 5.41) is 19.5. The largest absolute Gasteiger partial charge is 0.478 e. The van der Waals surface area contributed by atoms with Crippen molar-refractivity contribution in [2.75, 3.05) is 19.6 Å². The number of carbonyl (C=O) groups is 2. The lowest BCUT2D eigenvalue weighted by atomic mass is 10.0. The topological polar surface area (TPSA) is 89.9 Å². The van der Waals surface area contributed by atoms with Gasteiger partial charge in [0.15, 0.2) is 0 Å². The summed E-state index contributed by atoms with van der Waals surface area (Å²) in [5.74, 6) is -2.14. The molecule has 0 aromatic heterocycles. The molecule has 2 rings (SSSR count). The molecule has 1 aromatic carbocycles. The minimum atomic E-state index is -1.26. The summed E-state index contributed by atoms with van der Waals surface area (Å²) in [5.41, 5.74) is 0.633. The molecule has 0 saturated carbocycles. The first kappa shape index (κ1) is 24.1. The Morgan fingerprint density at radius 1 is 1.25 bits per heavy atom. The lowest BCUT2D eigenvalue weighted by molar-refractivity contribution is -0.134. The molecular formula is C20H28ClFN2O4. The van der Waals surface area contributed by atoms with Crippen molar-refractivity contribution in [2.45, 2.75) is 39.3 Å². The Balaban J connectivity index is 0.000000416. The first-order valence-corrected chi connectivity index (χ1v) is 9.60. The van der Waals surface area contributed by atoms with E-state index in [1.54, 1.807) is 12.1 Å². The van der Waals surface area contributed by atoms with E-state index < -0.39 is 11.9 Å². The Labute approximate surface area is 170 Å². The average molecular weight is 415 g/mol. The fourth-order valence-electron chi connectivity index (χ4n) is 3.01. The first-order chi connectivity index (χ1) is 13.2. The number of nitrogens with zero attached hydrogens (tertiary/aromatic N) is 1. The summed E-state index contributed by atoms with van der Waals surface area (Å²) in [4.78, 5) is 21.5. The first-order valence-electron chi connectivity index (χ1n) is 9.22. The van der Waals surface area contributed by atoms with Gasteiger partial charge in [0.05, 0.1) is 0 Å². The van der Waals surface area contributed by atoms with E-state index in [1.165, 1.54) is 6.07 Å². The second kappa shape index (κ2) is 12.5. The van der Waals surface area contributed by atoms with Crippen LogP contribution in [-0.2, 0) is 16.1 Å². The predicted molar refractivity (Wildman–Crippen MR) is 107 cm³/mol. The number of halogens is 2. The van der Waals surface area contributed by atoms with Gasteiger partial charge in [-0.3, -0.25) is 4.90 Å². The van der Waals surface area contributed by atoms with Gasteiger partial charge >= 0.3 is 11.9 Å². The van der Waals surface area contributed by atoms with Crippen molar-refractivity contribution in [1.29, 1.82) is 0 Å². The van der Waals surface area contributed by atoms with Crippen LogP contribution in [0, 0.1) is 11.7 Å². The lowest BCUT2D eigenvalue weighted by Gasteiger charge is -2.36. The molecule has 1 aliphatic rings. The molecule has 3 N–H and O–H groups in total. The number of carboxylic acids is 2. The molecular weight excluding hydrogens is 387 g/mol. The molecule has 0 radical (unpaired) electrons. The quantitative estimate of drug-likeness (QED) is 0.592. The van der Waals surface area contributed by atoms with Crippen LogP contribution >= 0.6 is 11.6 Å². The molecule has 8 heteroatoms. The van der Waals surface area contributed by atoms with Gasteiger partial charge < -0.3 is 15.5 Å². The molecule has 6 nitrogen and oxygen atoms in total. The van der Waals surface area contributed by atoms with Gasteiger partial charge in [0.25, 0.3) is 0 Å². The minimum absolute atomic E-state index is 0.194. The van der Waals surface area contributed by atoms with Gasteiger partial charge in [-0.2, -0.15) is 0 Å². The zero-order valence-corrected chi connectivity index (χ0v) is 17.0. The van der Waals surface area contributed by atoms with Crippen LogP contribution < -0.4 is 5.32 Å². The summed E-state index contributed by atoms with van der Waals surface area (Å²) in [7, 11) is 0. The normalized spacial score (nSPS) is 14.9.